The fourth-order valence-corrected chi connectivity index (χ4v) is 6.88. The molecule has 228 valence electrons. The summed E-state index contributed by atoms with van der Waals surface area (Å²) in [5.74, 6) is 0. The highest BCUT2D eigenvalue weighted by Crippen LogP contribution is 2.41. The fraction of sp³-hybridized carbons (Fsp3) is 0.500. The largest absolute Gasteiger partial charge is 0.444 e. The number of benzene rings is 1. The van der Waals surface area contributed by atoms with Crippen molar-refractivity contribution < 1.29 is 14.3 Å². The molecule has 43 heavy (non-hydrogen) atoms. The van der Waals surface area contributed by atoms with Crippen LogP contribution in [0.3, 0.4) is 0 Å². The molecule has 0 unspecified atom stereocenters. The third-order valence-electron chi connectivity index (χ3n) is 8.99. The number of aryl methyl sites for hydroxylation is 1. The maximum atomic E-state index is 13.1. The number of aromatic nitrogens is 2. The molecule has 0 spiro atoms. The number of morpholine rings is 1. The summed E-state index contributed by atoms with van der Waals surface area (Å²) in [7, 11) is 1.78. The van der Waals surface area contributed by atoms with E-state index in [1.165, 1.54) is 11.1 Å². The maximum Gasteiger partial charge on any atom is 0.411 e. The quantitative estimate of drug-likeness (QED) is 0.422. The fourth-order valence-electron chi connectivity index (χ4n) is 6.88. The summed E-state index contributed by atoms with van der Waals surface area (Å²) in [6.07, 6.45) is 3.58. The minimum atomic E-state index is -0.559. The monoisotopic (exact) mass is 585 g/mol. The van der Waals surface area contributed by atoms with E-state index in [0.717, 1.165) is 41.8 Å². The lowest BCUT2D eigenvalue weighted by Gasteiger charge is -2.43. The molecular weight excluding hydrogens is 542 g/mol. The number of ether oxygens (including phenoxy) is 2. The summed E-state index contributed by atoms with van der Waals surface area (Å²) in [5.41, 5.74) is 5.99. The highest BCUT2D eigenvalue weighted by molar-refractivity contribution is 5.89. The van der Waals surface area contributed by atoms with E-state index in [0.29, 0.717) is 24.9 Å². The number of nitrogens with zero attached hydrogens (tertiary/aromatic N) is 5. The number of anilines is 1. The van der Waals surface area contributed by atoms with E-state index in [2.05, 4.69) is 59.0 Å². The third kappa shape index (κ3) is 5.56. The van der Waals surface area contributed by atoms with E-state index in [4.69, 9.17) is 9.47 Å². The first-order valence-electron chi connectivity index (χ1n) is 15.3. The molecule has 0 N–H and O–H groups in total. The van der Waals surface area contributed by atoms with Crippen molar-refractivity contribution in [3.05, 3.63) is 75.7 Å². The van der Waals surface area contributed by atoms with Crippen molar-refractivity contribution in [2.75, 3.05) is 31.2 Å². The summed E-state index contributed by atoms with van der Waals surface area (Å²) in [5, 5.41) is 1.00. The highest BCUT2D eigenvalue weighted by Gasteiger charge is 2.40. The zero-order valence-corrected chi connectivity index (χ0v) is 26.3. The van der Waals surface area contributed by atoms with Gasteiger partial charge in [0.2, 0.25) is 0 Å². The van der Waals surface area contributed by atoms with Crippen molar-refractivity contribution in [1.82, 2.24) is 19.4 Å². The average Bonchev–Trinajstić information content (AvgIpc) is 3.32. The average molecular weight is 586 g/mol. The zero-order chi connectivity index (χ0) is 30.6. The standard InChI is InChI=1S/C34H43N5O4/c1-21(13-26-20-42-19-23(3)39(26)33(41)43-34(4,5)6)24-10-11-27-25(14-24)17-38-22(2)16-37(18-30(27)38)29-15-31(40)36(7)32-28(29)9-8-12-35-32/h8-15,22-23,26,30H,16-20H2,1-7H3/b21-13+/t22-,23+,26-,30-/m1/s1. The van der Waals surface area contributed by atoms with E-state index >= 15 is 0 Å². The minimum absolute atomic E-state index is 0.0435. The first-order chi connectivity index (χ1) is 20.4. The summed E-state index contributed by atoms with van der Waals surface area (Å²) in [4.78, 5) is 37.2. The van der Waals surface area contributed by atoms with Gasteiger partial charge in [0.25, 0.3) is 5.56 Å². The van der Waals surface area contributed by atoms with Gasteiger partial charge in [-0.3, -0.25) is 19.2 Å². The highest BCUT2D eigenvalue weighted by atomic mass is 16.6. The normalized spacial score (nSPS) is 24.7. The van der Waals surface area contributed by atoms with Gasteiger partial charge in [-0.25, -0.2) is 9.78 Å². The molecule has 9 heteroatoms. The number of carbonyl (C=O) groups excluding carboxylic acids is 1. The van der Waals surface area contributed by atoms with Crippen LogP contribution in [-0.4, -0.2) is 75.5 Å². The first kappa shape index (κ1) is 29.4. The summed E-state index contributed by atoms with van der Waals surface area (Å²) < 4.78 is 13.2. The van der Waals surface area contributed by atoms with Crippen LogP contribution in [0.25, 0.3) is 16.6 Å². The number of hydrogen-bond acceptors (Lipinski definition) is 7. The molecule has 0 aliphatic carbocycles. The molecule has 2 aromatic heterocycles. The minimum Gasteiger partial charge on any atom is -0.444 e. The van der Waals surface area contributed by atoms with E-state index in [9.17, 15) is 9.59 Å². The second-order valence-electron chi connectivity index (χ2n) is 13.3. The van der Waals surface area contributed by atoms with Crippen LogP contribution in [-0.2, 0) is 23.1 Å². The summed E-state index contributed by atoms with van der Waals surface area (Å²) >= 11 is 0. The lowest BCUT2D eigenvalue weighted by Crippen LogP contribution is -2.54. The first-order valence-corrected chi connectivity index (χ1v) is 15.3. The van der Waals surface area contributed by atoms with Gasteiger partial charge in [0, 0.05) is 50.4 Å². The van der Waals surface area contributed by atoms with Gasteiger partial charge in [0.05, 0.1) is 37.0 Å². The molecule has 2 saturated heterocycles. The van der Waals surface area contributed by atoms with Crippen LogP contribution >= 0.6 is 0 Å². The van der Waals surface area contributed by atoms with Crippen LogP contribution in [0.15, 0.2) is 53.5 Å². The molecule has 4 atom stereocenters. The molecule has 0 bridgehead atoms. The molecule has 3 aliphatic rings. The van der Waals surface area contributed by atoms with Crippen molar-refractivity contribution in [3.63, 3.8) is 0 Å². The third-order valence-corrected chi connectivity index (χ3v) is 8.99. The molecule has 1 aromatic carbocycles. The van der Waals surface area contributed by atoms with Gasteiger partial charge in [-0.15, -0.1) is 0 Å². The lowest BCUT2D eigenvalue weighted by atomic mass is 9.96. The van der Waals surface area contributed by atoms with E-state index < -0.39 is 5.60 Å². The number of hydrogen-bond donors (Lipinski definition) is 0. The van der Waals surface area contributed by atoms with Crippen molar-refractivity contribution in [2.24, 2.45) is 7.05 Å². The van der Waals surface area contributed by atoms with Gasteiger partial charge >= 0.3 is 6.09 Å². The molecule has 0 saturated carbocycles. The molecule has 3 aliphatic heterocycles. The number of allylic oxidation sites excluding steroid dienone is 1. The van der Waals surface area contributed by atoms with Gasteiger partial charge in [0.15, 0.2) is 0 Å². The Morgan fingerprint density at radius 1 is 1.09 bits per heavy atom. The van der Waals surface area contributed by atoms with Crippen LogP contribution in [0.5, 0.6) is 0 Å². The van der Waals surface area contributed by atoms with Gasteiger partial charge < -0.3 is 14.4 Å². The Balaban J connectivity index is 1.26. The van der Waals surface area contributed by atoms with Crippen molar-refractivity contribution in [1.29, 1.82) is 0 Å². The van der Waals surface area contributed by atoms with Crippen molar-refractivity contribution in [2.45, 2.75) is 77.9 Å². The number of amides is 1. The van der Waals surface area contributed by atoms with Crippen molar-refractivity contribution >= 4 is 28.4 Å². The van der Waals surface area contributed by atoms with E-state index in [-0.39, 0.29) is 29.8 Å². The predicted octanol–water partition coefficient (Wildman–Crippen LogP) is 5.13. The van der Waals surface area contributed by atoms with Gasteiger partial charge in [-0.05, 0) is 82.0 Å². The topological polar surface area (TPSA) is 80.1 Å². The number of pyridine rings is 2. The van der Waals surface area contributed by atoms with Crippen LogP contribution in [0, 0.1) is 0 Å². The molecule has 6 rings (SSSR count). The van der Waals surface area contributed by atoms with Crippen LogP contribution in [0.2, 0.25) is 0 Å². The molecule has 9 nitrogen and oxygen atoms in total. The van der Waals surface area contributed by atoms with Crippen LogP contribution in [0.1, 0.15) is 64.3 Å². The van der Waals surface area contributed by atoms with E-state index in [1.54, 1.807) is 23.9 Å². The second kappa shape index (κ2) is 11.1. The molecule has 1 amide bonds. The lowest BCUT2D eigenvalue weighted by molar-refractivity contribution is -0.0447. The Hall–Kier alpha value is -3.69. The van der Waals surface area contributed by atoms with Gasteiger partial charge in [0.1, 0.15) is 11.2 Å². The summed E-state index contributed by atoms with van der Waals surface area (Å²) in [6.45, 7) is 15.5. The number of piperazine rings is 1. The van der Waals surface area contributed by atoms with Gasteiger partial charge in [-0.2, -0.15) is 0 Å². The maximum absolute atomic E-state index is 13.1. The smallest absolute Gasteiger partial charge is 0.411 e. The number of carbonyl (C=O) groups is 1. The number of rotatable bonds is 3. The Morgan fingerprint density at radius 2 is 1.88 bits per heavy atom. The SMILES string of the molecule is C/C(=C\[C@@H]1COC[C@H](C)N1C(=O)OC(C)(C)C)c1ccc2c(c1)CN1[C@H](C)CN(c3cc(=O)n(C)c4ncccc34)C[C@H]21. The Bertz CT molecular complexity index is 1640. The van der Waals surface area contributed by atoms with Crippen molar-refractivity contribution in [3.8, 4) is 0 Å². The van der Waals surface area contributed by atoms with Crippen LogP contribution < -0.4 is 10.5 Å². The Labute approximate surface area is 253 Å². The number of fused-ring (bicyclic) bond motifs is 4. The predicted molar refractivity (Wildman–Crippen MR) is 169 cm³/mol. The Morgan fingerprint density at radius 3 is 2.65 bits per heavy atom. The molecule has 3 aromatic rings. The molecular formula is C34H43N5O4. The second-order valence-corrected chi connectivity index (χ2v) is 13.3. The molecule has 0 radical (unpaired) electrons. The molecule has 2 fully saturated rings. The Kier molecular flexibility index (Phi) is 7.59. The summed E-state index contributed by atoms with van der Waals surface area (Å²) in [6, 6.07) is 12.8. The zero-order valence-electron chi connectivity index (χ0n) is 26.3. The van der Waals surface area contributed by atoms with Crippen LogP contribution in [0.4, 0.5) is 10.5 Å². The molecule has 5 heterocycles. The van der Waals surface area contributed by atoms with Gasteiger partial charge in [-0.1, -0.05) is 18.2 Å². The van der Waals surface area contributed by atoms with E-state index in [1.807, 2.05) is 38.7 Å².